The number of rotatable bonds is 8. The lowest BCUT2D eigenvalue weighted by Gasteiger charge is -2.14. The van der Waals surface area contributed by atoms with Crippen LogP contribution in [0.25, 0.3) is 0 Å². The highest BCUT2D eigenvalue weighted by atomic mass is 19.3. The first kappa shape index (κ1) is 22.5. The molecular formula is C19H20F2N2O7. The van der Waals surface area contributed by atoms with Crippen LogP contribution < -0.4 is 34.5 Å². The average Bonchev–Trinajstić information content (AvgIpc) is 2.75. The molecule has 2 aromatic rings. The van der Waals surface area contributed by atoms with E-state index in [-0.39, 0.29) is 34.1 Å². The van der Waals surface area contributed by atoms with Gasteiger partial charge < -0.3 is 23.7 Å². The highest BCUT2D eigenvalue weighted by molar-refractivity contribution is 6.00. The third kappa shape index (κ3) is 5.19. The van der Waals surface area contributed by atoms with E-state index in [1.54, 1.807) is 0 Å². The summed E-state index contributed by atoms with van der Waals surface area (Å²) in [6.45, 7) is -3.05. The van der Waals surface area contributed by atoms with Crippen molar-refractivity contribution in [2.75, 3.05) is 28.4 Å². The minimum absolute atomic E-state index is 0.0404. The van der Waals surface area contributed by atoms with Crippen LogP contribution >= 0.6 is 0 Å². The van der Waals surface area contributed by atoms with Crippen molar-refractivity contribution in [3.63, 3.8) is 0 Å². The maximum absolute atomic E-state index is 12.4. The molecule has 0 radical (unpaired) electrons. The van der Waals surface area contributed by atoms with Crippen LogP contribution in [0.3, 0.4) is 0 Å². The van der Waals surface area contributed by atoms with Gasteiger partial charge >= 0.3 is 6.61 Å². The van der Waals surface area contributed by atoms with Gasteiger partial charge in [-0.05, 0) is 30.3 Å². The van der Waals surface area contributed by atoms with Crippen molar-refractivity contribution in [1.29, 1.82) is 0 Å². The molecule has 0 aliphatic rings. The monoisotopic (exact) mass is 426 g/mol. The normalized spacial score (nSPS) is 10.2. The molecule has 2 N–H and O–H groups in total. The molecule has 0 spiro atoms. The molecule has 0 saturated carbocycles. The van der Waals surface area contributed by atoms with Crippen LogP contribution in [0.15, 0.2) is 30.3 Å². The number of nitrogens with one attached hydrogen (secondary N) is 2. The van der Waals surface area contributed by atoms with Crippen molar-refractivity contribution in [1.82, 2.24) is 10.9 Å². The van der Waals surface area contributed by atoms with Crippen LogP contribution in [0.1, 0.15) is 20.7 Å². The third-order valence-corrected chi connectivity index (χ3v) is 3.86. The van der Waals surface area contributed by atoms with Gasteiger partial charge in [-0.1, -0.05) is 0 Å². The van der Waals surface area contributed by atoms with Gasteiger partial charge in [-0.15, -0.1) is 0 Å². The Morgan fingerprint density at radius 1 is 0.733 bits per heavy atom. The highest BCUT2D eigenvalue weighted by Crippen LogP contribution is 2.38. The molecule has 0 aliphatic carbocycles. The molecule has 0 saturated heterocycles. The smallest absolute Gasteiger partial charge is 0.387 e. The van der Waals surface area contributed by atoms with Crippen molar-refractivity contribution in [3.8, 4) is 28.7 Å². The molecule has 162 valence electrons. The van der Waals surface area contributed by atoms with Gasteiger partial charge in [0, 0.05) is 11.1 Å². The standard InChI is InChI=1S/C19H20F2N2O7/c1-26-13-7-10(5-6-12(13)30-19(20)21)17(24)22-23-18(25)11-8-14(27-2)16(29-4)15(9-11)28-3/h5-9,19H,1-4H3,(H,22,24)(H,23,25). The summed E-state index contributed by atoms with van der Waals surface area (Å²) in [5.41, 5.74) is 4.62. The number of hydrazine groups is 1. The number of halogens is 2. The van der Waals surface area contributed by atoms with Gasteiger partial charge in [0.1, 0.15) is 0 Å². The summed E-state index contributed by atoms with van der Waals surface area (Å²) in [6.07, 6.45) is 0. The number of hydrogen-bond acceptors (Lipinski definition) is 7. The fourth-order valence-corrected chi connectivity index (χ4v) is 2.47. The molecular weight excluding hydrogens is 406 g/mol. The fraction of sp³-hybridized carbons (Fsp3) is 0.263. The van der Waals surface area contributed by atoms with E-state index in [2.05, 4.69) is 15.6 Å². The molecule has 0 atom stereocenters. The van der Waals surface area contributed by atoms with Gasteiger partial charge in [0.05, 0.1) is 28.4 Å². The minimum atomic E-state index is -3.05. The SMILES string of the molecule is COc1cc(C(=O)NNC(=O)c2cc(OC)c(OC)c(OC)c2)ccc1OC(F)F. The molecule has 2 amide bonds. The van der Waals surface area contributed by atoms with Crippen LogP contribution in [0.5, 0.6) is 28.7 Å². The summed E-state index contributed by atoms with van der Waals surface area (Å²) in [7, 11) is 5.46. The van der Waals surface area contributed by atoms with Crippen molar-refractivity contribution in [3.05, 3.63) is 41.5 Å². The molecule has 0 aliphatic heterocycles. The highest BCUT2D eigenvalue weighted by Gasteiger charge is 2.18. The molecule has 2 rings (SSSR count). The number of carbonyl (C=O) groups is 2. The molecule has 0 bridgehead atoms. The predicted molar refractivity (Wildman–Crippen MR) is 101 cm³/mol. The fourth-order valence-electron chi connectivity index (χ4n) is 2.47. The van der Waals surface area contributed by atoms with Crippen molar-refractivity contribution in [2.45, 2.75) is 6.61 Å². The molecule has 11 heteroatoms. The molecule has 30 heavy (non-hydrogen) atoms. The van der Waals surface area contributed by atoms with E-state index in [9.17, 15) is 18.4 Å². The van der Waals surface area contributed by atoms with Crippen LogP contribution in [0.4, 0.5) is 8.78 Å². The first-order valence-corrected chi connectivity index (χ1v) is 8.38. The number of hydrogen-bond donors (Lipinski definition) is 2. The lowest BCUT2D eigenvalue weighted by atomic mass is 10.1. The molecule has 2 aromatic carbocycles. The lowest BCUT2D eigenvalue weighted by molar-refractivity contribution is -0.0512. The van der Waals surface area contributed by atoms with Crippen LogP contribution in [0, 0.1) is 0 Å². The van der Waals surface area contributed by atoms with E-state index in [1.807, 2.05) is 0 Å². The molecule has 0 heterocycles. The van der Waals surface area contributed by atoms with Crippen molar-refractivity contribution >= 4 is 11.8 Å². The van der Waals surface area contributed by atoms with Gasteiger partial charge in [0.2, 0.25) is 5.75 Å². The first-order valence-electron chi connectivity index (χ1n) is 8.38. The zero-order valence-corrected chi connectivity index (χ0v) is 16.6. The topological polar surface area (TPSA) is 104 Å². The average molecular weight is 426 g/mol. The van der Waals surface area contributed by atoms with Gasteiger partial charge in [-0.3, -0.25) is 20.4 Å². The molecule has 0 aromatic heterocycles. The summed E-state index contributed by atoms with van der Waals surface area (Å²) < 4.78 is 49.6. The largest absolute Gasteiger partial charge is 0.493 e. The number of ether oxygens (including phenoxy) is 5. The Kier molecular flexibility index (Phi) is 7.62. The Bertz CT molecular complexity index is 897. The summed E-state index contributed by atoms with van der Waals surface area (Å²) >= 11 is 0. The van der Waals surface area contributed by atoms with Gasteiger partial charge in [0.25, 0.3) is 11.8 Å². The molecule has 0 unspecified atom stereocenters. The maximum atomic E-state index is 12.4. The van der Waals surface area contributed by atoms with Crippen LogP contribution in [-0.4, -0.2) is 46.9 Å². The summed E-state index contributed by atoms with van der Waals surface area (Å²) in [6, 6.07) is 6.39. The summed E-state index contributed by atoms with van der Waals surface area (Å²) in [5, 5.41) is 0. The summed E-state index contributed by atoms with van der Waals surface area (Å²) in [4.78, 5) is 24.7. The zero-order chi connectivity index (χ0) is 22.3. The second kappa shape index (κ2) is 10.1. The third-order valence-electron chi connectivity index (χ3n) is 3.86. The molecule has 0 fully saturated rings. The van der Waals surface area contributed by atoms with E-state index < -0.39 is 18.4 Å². The van der Waals surface area contributed by atoms with Crippen molar-refractivity contribution < 1.29 is 42.1 Å². The van der Waals surface area contributed by atoms with E-state index in [0.717, 1.165) is 6.07 Å². The predicted octanol–water partition coefficient (Wildman–Crippen LogP) is 2.40. The van der Waals surface area contributed by atoms with E-state index in [0.29, 0.717) is 5.75 Å². The second-order valence-electron chi connectivity index (χ2n) is 5.57. The van der Waals surface area contributed by atoms with Gasteiger partial charge in [0.15, 0.2) is 23.0 Å². The number of carbonyl (C=O) groups excluding carboxylic acids is 2. The Morgan fingerprint density at radius 2 is 1.23 bits per heavy atom. The van der Waals surface area contributed by atoms with Crippen LogP contribution in [0.2, 0.25) is 0 Å². The second-order valence-corrected chi connectivity index (χ2v) is 5.57. The number of alkyl halides is 2. The first-order chi connectivity index (χ1) is 14.3. The quantitative estimate of drug-likeness (QED) is 0.625. The number of amides is 2. The Balaban J connectivity index is 2.13. The maximum Gasteiger partial charge on any atom is 0.387 e. The molecule has 9 nitrogen and oxygen atoms in total. The Morgan fingerprint density at radius 3 is 1.70 bits per heavy atom. The van der Waals surface area contributed by atoms with E-state index in [1.165, 1.54) is 52.7 Å². The Labute approximate surface area is 170 Å². The minimum Gasteiger partial charge on any atom is -0.493 e. The number of methoxy groups -OCH3 is 4. The van der Waals surface area contributed by atoms with Gasteiger partial charge in [-0.25, -0.2) is 0 Å². The zero-order valence-electron chi connectivity index (χ0n) is 16.6. The summed E-state index contributed by atoms with van der Waals surface area (Å²) in [5.74, 6) is -0.853. The van der Waals surface area contributed by atoms with Gasteiger partial charge in [-0.2, -0.15) is 8.78 Å². The Hall–Kier alpha value is -3.76. The number of benzene rings is 2. The van der Waals surface area contributed by atoms with Crippen LogP contribution in [-0.2, 0) is 0 Å². The lowest BCUT2D eigenvalue weighted by Crippen LogP contribution is -2.41. The van der Waals surface area contributed by atoms with Crippen molar-refractivity contribution in [2.24, 2.45) is 0 Å². The van der Waals surface area contributed by atoms with E-state index in [4.69, 9.17) is 18.9 Å². The van der Waals surface area contributed by atoms with E-state index >= 15 is 0 Å².